The molecule has 0 unspecified atom stereocenters. The normalized spacial score (nSPS) is 14.8. The summed E-state index contributed by atoms with van der Waals surface area (Å²) in [6, 6.07) is 21.1. The van der Waals surface area contributed by atoms with Crippen LogP contribution in [-0.2, 0) is 9.59 Å². The van der Waals surface area contributed by atoms with E-state index in [4.69, 9.17) is 0 Å². The number of rotatable bonds is 6. The summed E-state index contributed by atoms with van der Waals surface area (Å²) in [7, 11) is 1.72. The second-order valence-corrected chi connectivity index (χ2v) is 7.63. The maximum absolute atomic E-state index is 12.6. The number of piperazine rings is 1. The highest BCUT2D eigenvalue weighted by Crippen LogP contribution is 2.29. The zero-order valence-electron chi connectivity index (χ0n) is 17.5. The van der Waals surface area contributed by atoms with Gasteiger partial charge in [0, 0.05) is 39.8 Å². The predicted octanol–water partition coefficient (Wildman–Crippen LogP) is 3.18. The van der Waals surface area contributed by atoms with Crippen LogP contribution in [0.5, 0.6) is 0 Å². The van der Waals surface area contributed by atoms with Crippen molar-refractivity contribution in [3.8, 4) is 0 Å². The van der Waals surface area contributed by atoms with Crippen molar-refractivity contribution in [1.29, 1.82) is 0 Å². The molecule has 0 aromatic heterocycles. The number of likely N-dealkylation sites (N-methyl/N-ethyl adjacent to an activating group) is 1. The summed E-state index contributed by atoms with van der Waals surface area (Å²) in [5.74, 6) is -0.770. The Bertz CT molecular complexity index is 747. The summed E-state index contributed by atoms with van der Waals surface area (Å²) in [6.45, 7) is 5.34. The summed E-state index contributed by atoms with van der Waals surface area (Å²) >= 11 is 0. The van der Waals surface area contributed by atoms with E-state index < -0.39 is 5.91 Å². The van der Waals surface area contributed by atoms with Gasteiger partial charge in [-0.1, -0.05) is 74.0 Å². The van der Waals surface area contributed by atoms with Crippen LogP contribution in [0.2, 0.25) is 0 Å². The van der Waals surface area contributed by atoms with Crippen LogP contribution in [0.4, 0.5) is 0 Å². The van der Waals surface area contributed by atoms with Gasteiger partial charge < -0.3 is 9.80 Å². The van der Waals surface area contributed by atoms with Crippen molar-refractivity contribution in [2.45, 2.75) is 25.8 Å². The van der Waals surface area contributed by atoms with Crippen molar-refractivity contribution in [2.75, 3.05) is 39.8 Å². The van der Waals surface area contributed by atoms with E-state index in [-0.39, 0.29) is 11.9 Å². The zero-order valence-corrected chi connectivity index (χ0v) is 17.5. The van der Waals surface area contributed by atoms with Gasteiger partial charge in [0.15, 0.2) is 0 Å². The molecule has 2 amide bonds. The van der Waals surface area contributed by atoms with Gasteiger partial charge >= 0.3 is 11.8 Å². The zero-order chi connectivity index (χ0) is 20.6. The Morgan fingerprint density at radius 2 is 1.41 bits per heavy atom. The third kappa shape index (κ3) is 5.24. The van der Waals surface area contributed by atoms with Crippen molar-refractivity contribution in [2.24, 2.45) is 0 Å². The van der Waals surface area contributed by atoms with E-state index in [9.17, 15) is 9.59 Å². The van der Waals surface area contributed by atoms with Gasteiger partial charge in [0.1, 0.15) is 0 Å². The summed E-state index contributed by atoms with van der Waals surface area (Å²) < 4.78 is 0. The van der Waals surface area contributed by atoms with Gasteiger partial charge in [0.05, 0.1) is 6.04 Å². The molecule has 1 saturated heterocycles. The monoisotopic (exact) mass is 393 g/mol. The number of carbonyl (C=O) groups is 2. The molecule has 5 heteroatoms. The number of hydrogen-bond acceptors (Lipinski definition) is 3. The van der Waals surface area contributed by atoms with Crippen molar-refractivity contribution in [3.05, 3.63) is 71.8 Å². The van der Waals surface area contributed by atoms with E-state index in [0.717, 1.165) is 25.9 Å². The van der Waals surface area contributed by atoms with Gasteiger partial charge in [-0.05, 0) is 17.5 Å². The first-order valence-corrected chi connectivity index (χ1v) is 10.5. The van der Waals surface area contributed by atoms with Gasteiger partial charge in [-0.15, -0.1) is 0 Å². The lowest BCUT2D eigenvalue weighted by Gasteiger charge is -2.39. The van der Waals surface area contributed by atoms with Gasteiger partial charge in [0.2, 0.25) is 0 Å². The number of benzene rings is 2. The van der Waals surface area contributed by atoms with E-state index >= 15 is 0 Å². The lowest BCUT2D eigenvalue weighted by molar-refractivity contribution is -0.152. The second-order valence-electron chi connectivity index (χ2n) is 7.63. The van der Waals surface area contributed by atoms with Crippen LogP contribution < -0.4 is 0 Å². The molecule has 2 aromatic carbocycles. The largest absolute Gasteiger partial charge is 0.338 e. The first kappa shape index (κ1) is 21.1. The molecule has 0 spiro atoms. The molecule has 1 aliphatic rings. The molecule has 2 aromatic rings. The summed E-state index contributed by atoms with van der Waals surface area (Å²) in [5, 5.41) is 0. The number of amides is 2. The van der Waals surface area contributed by atoms with Crippen LogP contribution in [0.1, 0.15) is 36.9 Å². The van der Waals surface area contributed by atoms with E-state index in [1.165, 1.54) is 11.1 Å². The Morgan fingerprint density at radius 1 is 0.897 bits per heavy atom. The molecule has 0 atom stereocenters. The lowest BCUT2D eigenvalue weighted by Crippen LogP contribution is -2.53. The topological polar surface area (TPSA) is 43.9 Å². The van der Waals surface area contributed by atoms with Crippen molar-refractivity contribution < 1.29 is 9.59 Å². The first-order valence-electron chi connectivity index (χ1n) is 10.5. The van der Waals surface area contributed by atoms with Crippen LogP contribution in [0.15, 0.2) is 60.7 Å². The predicted molar refractivity (Wildman–Crippen MR) is 115 cm³/mol. The van der Waals surface area contributed by atoms with Crippen molar-refractivity contribution in [3.63, 3.8) is 0 Å². The van der Waals surface area contributed by atoms with Gasteiger partial charge in [-0.25, -0.2) is 0 Å². The summed E-state index contributed by atoms with van der Waals surface area (Å²) in [4.78, 5) is 30.7. The highest BCUT2D eigenvalue weighted by Gasteiger charge is 2.31. The van der Waals surface area contributed by atoms with Crippen molar-refractivity contribution >= 4 is 11.8 Å². The van der Waals surface area contributed by atoms with Crippen LogP contribution >= 0.6 is 0 Å². The average molecular weight is 394 g/mol. The maximum Gasteiger partial charge on any atom is 0.312 e. The molecular weight excluding hydrogens is 362 g/mol. The third-order valence-corrected chi connectivity index (χ3v) is 5.57. The molecule has 154 valence electrons. The highest BCUT2D eigenvalue weighted by molar-refractivity contribution is 6.34. The minimum Gasteiger partial charge on any atom is -0.338 e. The van der Waals surface area contributed by atoms with E-state index in [1.54, 1.807) is 16.8 Å². The molecule has 5 nitrogen and oxygen atoms in total. The van der Waals surface area contributed by atoms with Gasteiger partial charge in [0.25, 0.3) is 0 Å². The number of nitrogens with zero attached hydrogens (tertiary/aromatic N) is 3. The highest BCUT2D eigenvalue weighted by atomic mass is 16.2. The van der Waals surface area contributed by atoms with E-state index in [1.807, 2.05) is 12.1 Å². The van der Waals surface area contributed by atoms with E-state index in [0.29, 0.717) is 19.6 Å². The molecule has 1 heterocycles. The minimum atomic E-state index is -0.394. The third-order valence-electron chi connectivity index (χ3n) is 5.57. The molecule has 0 aliphatic carbocycles. The second kappa shape index (κ2) is 10.2. The Labute approximate surface area is 173 Å². The lowest BCUT2D eigenvalue weighted by atomic mass is 9.96. The molecule has 29 heavy (non-hydrogen) atoms. The standard InChI is InChI=1S/C24H31N3O2/c1-3-4-15-25(2)23(28)24(29)27-18-16-26(17-19-27)22(20-11-7-5-8-12-20)21-13-9-6-10-14-21/h5-14,22H,3-4,15-19H2,1-2H3. The molecule has 0 radical (unpaired) electrons. The number of carbonyl (C=O) groups excluding carboxylic acids is 2. The maximum atomic E-state index is 12.6. The van der Waals surface area contributed by atoms with E-state index in [2.05, 4.69) is 60.4 Å². The summed E-state index contributed by atoms with van der Waals surface area (Å²) in [6.07, 6.45) is 1.92. The van der Waals surface area contributed by atoms with Crippen LogP contribution in [-0.4, -0.2) is 66.3 Å². The van der Waals surface area contributed by atoms with Crippen LogP contribution in [0.25, 0.3) is 0 Å². The fraction of sp³-hybridized carbons (Fsp3) is 0.417. The SMILES string of the molecule is CCCCN(C)C(=O)C(=O)N1CCN(C(c2ccccc2)c2ccccc2)CC1. The Balaban J connectivity index is 1.68. The Morgan fingerprint density at radius 3 is 1.90 bits per heavy atom. The van der Waals surface area contributed by atoms with Gasteiger partial charge in [-0.3, -0.25) is 14.5 Å². The minimum absolute atomic E-state index is 0.151. The molecule has 1 fully saturated rings. The molecule has 0 saturated carbocycles. The smallest absolute Gasteiger partial charge is 0.312 e. The van der Waals surface area contributed by atoms with Crippen LogP contribution in [0.3, 0.4) is 0 Å². The molecule has 3 rings (SSSR count). The first-order chi connectivity index (χ1) is 14.1. The number of hydrogen-bond donors (Lipinski definition) is 0. The Hall–Kier alpha value is -2.66. The molecule has 0 bridgehead atoms. The average Bonchev–Trinajstić information content (AvgIpc) is 2.78. The Kier molecular flexibility index (Phi) is 7.42. The fourth-order valence-corrected chi connectivity index (χ4v) is 3.86. The van der Waals surface area contributed by atoms with Crippen molar-refractivity contribution in [1.82, 2.24) is 14.7 Å². The molecule has 1 aliphatic heterocycles. The molecular formula is C24H31N3O2. The summed E-state index contributed by atoms with van der Waals surface area (Å²) in [5.41, 5.74) is 2.49. The van der Waals surface area contributed by atoms with Crippen LogP contribution in [0, 0.1) is 0 Å². The quantitative estimate of drug-likeness (QED) is 0.708. The number of unbranched alkanes of at least 4 members (excludes halogenated alkanes) is 1. The van der Waals surface area contributed by atoms with Gasteiger partial charge in [-0.2, -0.15) is 0 Å². The molecule has 0 N–H and O–H groups in total. The fourth-order valence-electron chi connectivity index (χ4n) is 3.86.